The number of aryl methyl sites for hydroxylation is 2. The molecule has 2 unspecified atom stereocenters. The average Bonchev–Trinajstić information content (AvgIpc) is 3.29. The molecule has 0 aliphatic rings. The van der Waals surface area contributed by atoms with Crippen LogP contribution in [0.4, 0.5) is 11.4 Å². The van der Waals surface area contributed by atoms with Gasteiger partial charge in [0.05, 0.1) is 0 Å². The summed E-state index contributed by atoms with van der Waals surface area (Å²) in [6.45, 7) is 11.4. The van der Waals surface area contributed by atoms with Crippen molar-refractivity contribution in [3.63, 3.8) is 0 Å². The predicted molar refractivity (Wildman–Crippen MR) is 285 cm³/mol. The SMILES string of the molecule is CCCCCCCCCCCCC(c1ccc(C(CCCCCCCCC)c2ccc(C(CCCCCCCCCCCC)c3ccc(N)cc3C)cc2)cc1)c1ccc(N)cc1C. The monoisotopic (exact) mass is 869 g/mol. The smallest absolute Gasteiger partial charge is 0.0316 e. The maximum absolute atomic E-state index is 6.28. The van der Waals surface area contributed by atoms with Gasteiger partial charge < -0.3 is 11.5 Å². The van der Waals surface area contributed by atoms with Crippen LogP contribution in [0.1, 0.15) is 276 Å². The van der Waals surface area contributed by atoms with E-state index in [1.165, 1.54) is 237 Å². The molecule has 2 atom stereocenters. The van der Waals surface area contributed by atoms with E-state index in [9.17, 15) is 0 Å². The van der Waals surface area contributed by atoms with E-state index < -0.39 is 0 Å². The number of unbranched alkanes of at least 4 members (excludes halogenated alkanes) is 24. The molecule has 4 aromatic carbocycles. The highest BCUT2D eigenvalue weighted by Crippen LogP contribution is 2.38. The van der Waals surface area contributed by atoms with E-state index in [2.05, 4.69) is 120 Å². The van der Waals surface area contributed by atoms with Crippen molar-refractivity contribution < 1.29 is 0 Å². The second-order valence-corrected chi connectivity index (χ2v) is 20.1. The molecular weight excluding hydrogens is 773 g/mol. The van der Waals surface area contributed by atoms with Gasteiger partial charge in [0.15, 0.2) is 0 Å². The van der Waals surface area contributed by atoms with E-state index in [0.29, 0.717) is 17.8 Å². The van der Waals surface area contributed by atoms with Crippen LogP contribution in [-0.2, 0) is 0 Å². The van der Waals surface area contributed by atoms with Crippen LogP contribution in [0.5, 0.6) is 0 Å². The molecule has 0 saturated heterocycles. The molecule has 2 heteroatoms. The van der Waals surface area contributed by atoms with Crippen LogP contribution in [0.25, 0.3) is 0 Å². The van der Waals surface area contributed by atoms with Crippen LogP contribution >= 0.6 is 0 Å². The molecule has 4 aromatic rings. The first-order chi connectivity index (χ1) is 31.4. The molecule has 0 fully saturated rings. The lowest BCUT2D eigenvalue weighted by atomic mass is 9.80. The maximum atomic E-state index is 6.28. The van der Waals surface area contributed by atoms with Crippen molar-refractivity contribution in [2.45, 2.75) is 245 Å². The predicted octanol–water partition coefficient (Wildman–Crippen LogP) is 19.6. The molecule has 354 valence electrons. The number of benzene rings is 4. The molecule has 0 amide bonds. The van der Waals surface area contributed by atoms with Gasteiger partial charge in [-0.15, -0.1) is 0 Å². The number of hydrogen-bond donors (Lipinski definition) is 2. The largest absolute Gasteiger partial charge is 0.399 e. The topological polar surface area (TPSA) is 52.0 Å². The molecule has 0 aromatic heterocycles. The van der Waals surface area contributed by atoms with Crippen molar-refractivity contribution in [3.05, 3.63) is 129 Å². The summed E-state index contributed by atoms with van der Waals surface area (Å²) in [5.74, 6) is 1.19. The quantitative estimate of drug-likeness (QED) is 0.0353. The van der Waals surface area contributed by atoms with Gasteiger partial charge in [-0.3, -0.25) is 0 Å². The van der Waals surface area contributed by atoms with Gasteiger partial charge in [-0.05, 0) is 102 Å². The second kappa shape index (κ2) is 32.2. The van der Waals surface area contributed by atoms with Gasteiger partial charge >= 0.3 is 0 Å². The van der Waals surface area contributed by atoms with Gasteiger partial charge in [0.1, 0.15) is 0 Å². The molecule has 0 aliphatic heterocycles. The highest BCUT2D eigenvalue weighted by atomic mass is 14.5. The molecule has 2 nitrogen and oxygen atoms in total. The van der Waals surface area contributed by atoms with Gasteiger partial charge in [-0.2, -0.15) is 0 Å². The van der Waals surface area contributed by atoms with Crippen molar-refractivity contribution in [3.8, 4) is 0 Å². The van der Waals surface area contributed by atoms with Crippen molar-refractivity contribution in [1.29, 1.82) is 0 Å². The average molecular weight is 869 g/mol. The second-order valence-electron chi connectivity index (χ2n) is 20.1. The first-order valence-corrected chi connectivity index (χ1v) is 27.3. The highest BCUT2D eigenvalue weighted by molar-refractivity contribution is 5.50. The number of rotatable bonds is 36. The number of hydrogen-bond acceptors (Lipinski definition) is 2. The Balaban J connectivity index is 1.50. The Morgan fingerprint density at radius 1 is 0.297 bits per heavy atom. The maximum Gasteiger partial charge on any atom is 0.0316 e. The van der Waals surface area contributed by atoms with Crippen LogP contribution in [0.2, 0.25) is 0 Å². The summed E-state index contributed by atoms with van der Waals surface area (Å²) in [5, 5.41) is 0. The van der Waals surface area contributed by atoms with E-state index in [-0.39, 0.29) is 0 Å². The third-order valence-electron chi connectivity index (χ3n) is 14.6. The number of anilines is 2. The molecule has 0 saturated carbocycles. The Morgan fingerprint density at radius 3 is 0.797 bits per heavy atom. The van der Waals surface area contributed by atoms with Crippen LogP contribution in [0.3, 0.4) is 0 Å². The minimum Gasteiger partial charge on any atom is -0.399 e. The van der Waals surface area contributed by atoms with Crippen molar-refractivity contribution >= 4 is 11.4 Å². The molecule has 0 bridgehead atoms. The lowest BCUT2D eigenvalue weighted by Gasteiger charge is -2.24. The van der Waals surface area contributed by atoms with Gasteiger partial charge in [-0.25, -0.2) is 0 Å². The molecule has 0 radical (unpaired) electrons. The fraction of sp³-hybridized carbons (Fsp3) is 0.613. The molecule has 0 aliphatic carbocycles. The van der Waals surface area contributed by atoms with Gasteiger partial charge in [0.2, 0.25) is 0 Å². The van der Waals surface area contributed by atoms with E-state index in [0.717, 1.165) is 11.4 Å². The molecule has 4 rings (SSSR count). The molecule has 0 spiro atoms. The summed E-state index contributed by atoms with van der Waals surface area (Å²) in [7, 11) is 0. The molecule has 4 N–H and O–H groups in total. The van der Waals surface area contributed by atoms with E-state index in [4.69, 9.17) is 11.5 Å². The van der Waals surface area contributed by atoms with Crippen molar-refractivity contribution in [2.75, 3.05) is 11.5 Å². The van der Waals surface area contributed by atoms with Crippen LogP contribution in [0.15, 0.2) is 84.9 Å². The van der Waals surface area contributed by atoms with E-state index in [1.54, 1.807) is 0 Å². The fourth-order valence-corrected chi connectivity index (χ4v) is 10.6. The van der Waals surface area contributed by atoms with Crippen LogP contribution < -0.4 is 11.5 Å². The lowest BCUT2D eigenvalue weighted by molar-refractivity contribution is 0.540. The standard InChI is InChI=1S/C62H96N2/c1-6-9-12-15-18-20-22-25-28-31-34-61(58-46-44-56(63)48-50(58)4)54-40-36-52(37-41-54)60(33-30-27-24-17-14-11-8-3)53-38-42-55(43-39-53)62(59-47-45-57(64)49-51(59)5)35-32-29-26-23-21-19-16-13-10-7-2/h36-49,60-62H,6-35,63-64H2,1-5H3. The minimum atomic E-state index is 0.397. The Hall–Kier alpha value is -3.52. The van der Waals surface area contributed by atoms with Crippen LogP contribution in [-0.4, -0.2) is 0 Å². The van der Waals surface area contributed by atoms with Gasteiger partial charge in [0.25, 0.3) is 0 Å². The summed E-state index contributed by atoms with van der Waals surface area (Å²) in [4.78, 5) is 0. The molecule has 0 heterocycles. The normalized spacial score (nSPS) is 13.0. The van der Waals surface area contributed by atoms with Crippen molar-refractivity contribution in [2.24, 2.45) is 0 Å². The third kappa shape index (κ3) is 19.5. The Labute approximate surface area is 395 Å². The van der Waals surface area contributed by atoms with Crippen molar-refractivity contribution in [1.82, 2.24) is 0 Å². The van der Waals surface area contributed by atoms with Crippen LogP contribution in [0, 0.1) is 13.8 Å². The van der Waals surface area contributed by atoms with E-state index >= 15 is 0 Å². The van der Waals surface area contributed by atoms with Gasteiger partial charge in [-0.1, -0.05) is 255 Å². The summed E-state index contributed by atoms with van der Waals surface area (Å²) >= 11 is 0. The summed E-state index contributed by atoms with van der Waals surface area (Å²) in [5.41, 5.74) is 25.6. The zero-order chi connectivity index (χ0) is 45.6. The Bertz CT molecular complexity index is 1650. The number of nitrogens with two attached hydrogens (primary N) is 2. The summed E-state index contributed by atoms with van der Waals surface area (Å²) < 4.78 is 0. The molecular formula is C62H96N2. The highest BCUT2D eigenvalue weighted by Gasteiger charge is 2.21. The lowest BCUT2D eigenvalue weighted by Crippen LogP contribution is -2.07. The van der Waals surface area contributed by atoms with Gasteiger partial charge in [0, 0.05) is 29.1 Å². The zero-order valence-corrected chi connectivity index (χ0v) is 42.2. The third-order valence-corrected chi connectivity index (χ3v) is 14.6. The first-order valence-electron chi connectivity index (χ1n) is 27.3. The summed E-state index contributed by atoms with van der Waals surface area (Å²) in [6, 6.07) is 33.0. The Kier molecular flexibility index (Phi) is 26.7. The number of nitrogen functional groups attached to an aromatic ring is 2. The zero-order valence-electron chi connectivity index (χ0n) is 42.2. The summed E-state index contributed by atoms with van der Waals surface area (Å²) in [6.07, 6.45) is 40.4. The fourth-order valence-electron chi connectivity index (χ4n) is 10.6. The van der Waals surface area contributed by atoms with E-state index in [1.807, 2.05) is 0 Å². The Morgan fingerprint density at radius 2 is 0.531 bits per heavy atom. The molecule has 64 heavy (non-hydrogen) atoms. The first kappa shape index (κ1) is 53.1. The minimum absolute atomic E-state index is 0.397.